The Morgan fingerprint density at radius 3 is 3.12 bits per heavy atom. The van der Waals surface area contributed by atoms with Crippen LogP contribution in [-0.4, -0.2) is 46.3 Å². The van der Waals surface area contributed by atoms with E-state index in [1.165, 1.54) is 0 Å². The predicted octanol–water partition coefficient (Wildman–Crippen LogP) is 0.506. The fourth-order valence-electron chi connectivity index (χ4n) is 1.89. The summed E-state index contributed by atoms with van der Waals surface area (Å²) in [6, 6.07) is 0. The highest BCUT2D eigenvalue weighted by molar-refractivity contribution is 5.66. The van der Waals surface area contributed by atoms with Gasteiger partial charge in [-0.25, -0.2) is 0 Å². The molecule has 0 bridgehead atoms. The zero-order valence-corrected chi connectivity index (χ0v) is 9.22. The molecule has 1 N–H and O–H groups in total. The van der Waals surface area contributed by atoms with Crippen molar-refractivity contribution in [3.8, 4) is 0 Å². The van der Waals surface area contributed by atoms with Crippen LogP contribution < -0.4 is 0 Å². The van der Waals surface area contributed by atoms with Gasteiger partial charge in [0.25, 0.3) is 0 Å². The Balaban J connectivity index is 1.94. The second kappa shape index (κ2) is 4.61. The lowest BCUT2D eigenvalue weighted by Gasteiger charge is -2.04. The molecule has 2 rings (SSSR count). The molecule has 2 heterocycles. The predicted molar refractivity (Wildman–Crippen MR) is 55.1 cm³/mol. The van der Waals surface area contributed by atoms with E-state index in [-0.39, 0.29) is 6.42 Å². The van der Waals surface area contributed by atoms with Crippen LogP contribution in [0.4, 0.5) is 0 Å². The van der Waals surface area contributed by atoms with Gasteiger partial charge in [0.15, 0.2) is 5.82 Å². The van der Waals surface area contributed by atoms with E-state index >= 15 is 0 Å². The summed E-state index contributed by atoms with van der Waals surface area (Å²) in [6.07, 6.45) is 1.40. The number of likely N-dealkylation sites (N-methyl/N-ethyl adjacent to an activating group) is 1. The van der Waals surface area contributed by atoms with E-state index in [0.717, 1.165) is 19.5 Å². The Morgan fingerprint density at radius 1 is 1.69 bits per heavy atom. The molecule has 88 valence electrons. The third kappa shape index (κ3) is 2.57. The van der Waals surface area contributed by atoms with E-state index in [1.807, 2.05) is 0 Å². The molecule has 0 aromatic carbocycles. The number of aliphatic carboxylic acids is 1. The number of hydrogen-bond donors (Lipinski definition) is 1. The summed E-state index contributed by atoms with van der Waals surface area (Å²) in [4.78, 5) is 16.8. The van der Waals surface area contributed by atoms with Gasteiger partial charge in [-0.05, 0) is 20.0 Å². The first-order chi connectivity index (χ1) is 7.65. The zero-order chi connectivity index (χ0) is 11.5. The van der Waals surface area contributed by atoms with Gasteiger partial charge in [0.2, 0.25) is 5.89 Å². The molecule has 1 aliphatic rings. The van der Waals surface area contributed by atoms with Gasteiger partial charge in [-0.15, -0.1) is 0 Å². The second-order valence-corrected chi connectivity index (χ2v) is 4.19. The fourth-order valence-corrected chi connectivity index (χ4v) is 1.89. The van der Waals surface area contributed by atoms with Crippen molar-refractivity contribution in [2.45, 2.75) is 25.2 Å². The van der Waals surface area contributed by atoms with Crippen molar-refractivity contribution >= 4 is 5.97 Å². The summed E-state index contributed by atoms with van der Waals surface area (Å²) in [5.74, 6) is 0.597. The Morgan fingerprint density at radius 2 is 2.50 bits per heavy atom. The van der Waals surface area contributed by atoms with Crippen LogP contribution in [0.25, 0.3) is 0 Å². The highest BCUT2D eigenvalue weighted by Gasteiger charge is 2.26. The first-order valence-corrected chi connectivity index (χ1v) is 5.38. The summed E-state index contributed by atoms with van der Waals surface area (Å²) in [6.45, 7) is 1.97. The van der Waals surface area contributed by atoms with Crippen LogP contribution in [0, 0.1) is 0 Å². The Labute approximate surface area is 93.2 Å². The van der Waals surface area contributed by atoms with Crippen LogP contribution in [0.2, 0.25) is 0 Å². The van der Waals surface area contributed by atoms with Gasteiger partial charge >= 0.3 is 5.97 Å². The molecule has 0 saturated carbocycles. The minimum atomic E-state index is -0.841. The number of carbonyl (C=O) groups is 1. The number of carboxylic acids is 1. The normalized spacial score (nSPS) is 21.4. The third-order valence-electron chi connectivity index (χ3n) is 2.79. The smallest absolute Gasteiger partial charge is 0.303 e. The fraction of sp³-hybridized carbons (Fsp3) is 0.700. The van der Waals surface area contributed by atoms with Crippen molar-refractivity contribution in [3.05, 3.63) is 11.7 Å². The van der Waals surface area contributed by atoms with Crippen molar-refractivity contribution in [3.63, 3.8) is 0 Å². The molecular weight excluding hydrogens is 210 g/mol. The average molecular weight is 225 g/mol. The lowest BCUT2D eigenvalue weighted by atomic mass is 10.1. The summed E-state index contributed by atoms with van der Waals surface area (Å²) >= 11 is 0. The molecule has 1 unspecified atom stereocenters. The van der Waals surface area contributed by atoms with Gasteiger partial charge in [-0.2, -0.15) is 4.98 Å². The molecule has 1 aliphatic heterocycles. The van der Waals surface area contributed by atoms with Crippen molar-refractivity contribution in [2.75, 3.05) is 20.1 Å². The summed E-state index contributed by atoms with van der Waals surface area (Å²) in [5, 5.41) is 12.3. The number of hydrogen-bond acceptors (Lipinski definition) is 5. The highest BCUT2D eigenvalue weighted by atomic mass is 16.5. The Bertz CT molecular complexity index is 377. The minimum absolute atomic E-state index is 0.0452. The van der Waals surface area contributed by atoms with Crippen molar-refractivity contribution in [1.29, 1.82) is 0 Å². The largest absolute Gasteiger partial charge is 0.481 e. The second-order valence-electron chi connectivity index (χ2n) is 4.19. The third-order valence-corrected chi connectivity index (χ3v) is 2.79. The molecule has 0 aliphatic carbocycles. The van der Waals surface area contributed by atoms with Crippen LogP contribution in [-0.2, 0) is 11.2 Å². The highest BCUT2D eigenvalue weighted by Crippen LogP contribution is 2.24. The first kappa shape index (κ1) is 11.1. The maximum absolute atomic E-state index is 10.4. The lowest BCUT2D eigenvalue weighted by molar-refractivity contribution is -0.137. The molecule has 6 nitrogen and oxygen atoms in total. The van der Waals surface area contributed by atoms with Gasteiger partial charge in [-0.3, -0.25) is 4.79 Å². The molecule has 0 radical (unpaired) electrons. The summed E-state index contributed by atoms with van der Waals surface area (Å²) in [7, 11) is 2.06. The molecule has 0 amide bonds. The zero-order valence-electron chi connectivity index (χ0n) is 9.22. The lowest BCUT2D eigenvalue weighted by Crippen LogP contribution is -2.13. The SMILES string of the molecule is CN1CCC(c2nc(CCC(=O)O)no2)C1. The molecule has 1 atom stereocenters. The van der Waals surface area contributed by atoms with Crippen LogP contribution in [0.3, 0.4) is 0 Å². The summed E-state index contributed by atoms with van der Waals surface area (Å²) < 4.78 is 5.15. The first-order valence-electron chi connectivity index (χ1n) is 5.38. The van der Waals surface area contributed by atoms with Gasteiger partial charge in [0.1, 0.15) is 0 Å². The maximum Gasteiger partial charge on any atom is 0.303 e. The number of carboxylic acid groups (broad SMARTS) is 1. The van der Waals surface area contributed by atoms with E-state index in [9.17, 15) is 4.79 Å². The average Bonchev–Trinajstić information content (AvgIpc) is 2.83. The van der Waals surface area contributed by atoms with E-state index in [4.69, 9.17) is 9.63 Å². The van der Waals surface area contributed by atoms with Crippen LogP contribution in [0.5, 0.6) is 0 Å². The molecule has 1 aromatic heterocycles. The number of aryl methyl sites for hydroxylation is 1. The van der Waals surface area contributed by atoms with Crippen LogP contribution in [0.15, 0.2) is 4.52 Å². The van der Waals surface area contributed by atoms with Gasteiger partial charge in [0, 0.05) is 13.0 Å². The summed E-state index contributed by atoms with van der Waals surface area (Å²) in [5.41, 5.74) is 0. The van der Waals surface area contributed by atoms with Gasteiger partial charge < -0.3 is 14.5 Å². The van der Waals surface area contributed by atoms with Crippen molar-refractivity contribution < 1.29 is 14.4 Å². The molecular formula is C10H15N3O3. The van der Waals surface area contributed by atoms with E-state index in [1.54, 1.807) is 0 Å². The van der Waals surface area contributed by atoms with Gasteiger partial charge in [0.05, 0.1) is 12.3 Å². The van der Waals surface area contributed by atoms with E-state index < -0.39 is 5.97 Å². The minimum Gasteiger partial charge on any atom is -0.481 e. The Kier molecular flexibility index (Phi) is 3.19. The Hall–Kier alpha value is -1.43. The van der Waals surface area contributed by atoms with Crippen LogP contribution in [0.1, 0.15) is 30.5 Å². The molecule has 6 heteroatoms. The number of rotatable bonds is 4. The van der Waals surface area contributed by atoms with Gasteiger partial charge in [-0.1, -0.05) is 5.16 Å². The number of aromatic nitrogens is 2. The topological polar surface area (TPSA) is 79.5 Å². The monoisotopic (exact) mass is 225 g/mol. The molecule has 0 spiro atoms. The van der Waals surface area contributed by atoms with Crippen molar-refractivity contribution in [1.82, 2.24) is 15.0 Å². The number of likely N-dealkylation sites (tertiary alicyclic amines) is 1. The van der Waals surface area contributed by atoms with Crippen molar-refractivity contribution in [2.24, 2.45) is 0 Å². The number of nitrogens with zero attached hydrogens (tertiary/aromatic N) is 3. The molecule has 1 aromatic rings. The van der Waals surface area contributed by atoms with Crippen LogP contribution >= 0.6 is 0 Å². The van der Waals surface area contributed by atoms with E-state index in [0.29, 0.717) is 24.1 Å². The quantitative estimate of drug-likeness (QED) is 0.804. The molecule has 16 heavy (non-hydrogen) atoms. The molecule has 1 fully saturated rings. The maximum atomic E-state index is 10.4. The standard InChI is InChI=1S/C10H15N3O3/c1-13-5-4-7(6-13)10-11-8(12-16-10)2-3-9(14)15/h7H,2-6H2,1H3,(H,14,15). The van der Waals surface area contributed by atoms with E-state index in [2.05, 4.69) is 22.1 Å². The molecule has 1 saturated heterocycles.